The second kappa shape index (κ2) is 19.3. The maximum absolute atomic E-state index is 5.11. The van der Waals surface area contributed by atoms with Gasteiger partial charge in [-0.1, -0.05) is 158 Å². The first kappa shape index (κ1) is 51.6. The molecule has 7 heterocycles. The fourth-order valence-corrected chi connectivity index (χ4v) is 16.8. The van der Waals surface area contributed by atoms with Crippen LogP contribution in [0.15, 0.2) is 316 Å². The predicted octanol–water partition coefficient (Wildman–Crippen LogP) is 22.5. The molecule has 7 aromatic heterocycles. The quantitative estimate of drug-likeness (QED) is 0.156. The van der Waals surface area contributed by atoms with Gasteiger partial charge in [-0.3, -0.25) is 9.97 Å². The molecule has 0 fully saturated rings. The van der Waals surface area contributed by atoms with E-state index in [1.165, 1.54) is 87.2 Å². The molecule has 15 aromatic carbocycles. The van der Waals surface area contributed by atoms with Crippen LogP contribution in [-0.4, -0.2) is 37.4 Å². The Labute approximate surface area is 547 Å². The van der Waals surface area contributed by atoms with Crippen molar-refractivity contribution >= 4 is 163 Å². The van der Waals surface area contributed by atoms with E-state index in [-0.39, 0.29) is 0 Å². The van der Waals surface area contributed by atoms with Gasteiger partial charge in [-0.15, -0.1) is 0 Å². The zero-order valence-corrected chi connectivity index (χ0v) is 51.6. The molecule has 0 aliphatic rings. The minimum absolute atomic E-state index is 0.875. The highest BCUT2D eigenvalue weighted by Crippen LogP contribution is 2.45. The number of hydrogen-bond donors (Lipinski definition) is 0. The smallest absolute Gasteiger partial charge is 0.0971 e. The Balaban J connectivity index is 0.791. The van der Waals surface area contributed by atoms with Crippen LogP contribution in [0.5, 0.6) is 0 Å². The number of benzene rings is 15. The van der Waals surface area contributed by atoms with E-state index in [9.17, 15) is 0 Å². The predicted molar refractivity (Wildman–Crippen MR) is 401 cm³/mol. The zero-order chi connectivity index (χ0) is 62.4. The van der Waals surface area contributed by atoms with Crippen LogP contribution < -0.4 is 0 Å². The number of fused-ring (bicyclic) bond motifs is 24. The first-order valence-corrected chi connectivity index (χ1v) is 32.9. The van der Waals surface area contributed by atoms with Crippen LogP contribution >= 0.6 is 0 Å². The molecular weight excluding hydrogens is 1170 g/mol. The molecule has 8 heteroatoms. The molecule has 22 aromatic rings. The minimum atomic E-state index is 0.875. The van der Waals surface area contributed by atoms with E-state index in [0.717, 1.165) is 110 Å². The summed E-state index contributed by atoms with van der Waals surface area (Å²) in [5.74, 6) is 0. The van der Waals surface area contributed by atoms with Gasteiger partial charge in [-0.2, -0.15) is 0 Å². The molecule has 0 N–H and O–H groups in total. The Kier molecular flexibility index (Phi) is 10.4. The van der Waals surface area contributed by atoms with Crippen LogP contribution in [0.25, 0.3) is 198 Å². The second-order valence-electron chi connectivity index (χ2n) is 25.7. The summed E-state index contributed by atoms with van der Waals surface area (Å²) in [5.41, 5.74) is 22.2. The number of para-hydroxylation sites is 8. The van der Waals surface area contributed by atoms with E-state index >= 15 is 0 Å². The molecule has 0 aliphatic carbocycles. The summed E-state index contributed by atoms with van der Waals surface area (Å²) in [6.45, 7) is 0. The third-order valence-electron chi connectivity index (χ3n) is 20.8. The summed E-state index contributed by atoms with van der Waals surface area (Å²) in [4.78, 5) is 10.2. The first-order valence-electron chi connectivity index (χ1n) is 32.9. The van der Waals surface area contributed by atoms with E-state index < -0.39 is 0 Å². The van der Waals surface area contributed by atoms with Crippen LogP contribution in [0.4, 0.5) is 0 Å². The van der Waals surface area contributed by atoms with Crippen LogP contribution in [0.2, 0.25) is 0 Å². The monoisotopic (exact) mass is 1220 g/mol. The van der Waals surface area contributed by atoms with Crippen molar-refractivity contribution in [1.29, 1.82) is 0 Å². The third-order valence-corrected chi connectivity index (χ3v) is 20.8. The van der Waals surface area contributed by atoms with Gasteiger partial charge in [-0.25, -0.2) is 0 Å². The number of hydrogen-bond acceptors (Lipinski definition) is 2. The Morgan fingerprint density at radius 1 is 0.146 bits per heavy atom. The average molecular weight is 1220 g/mol. The molecule has 0 radical (unpaired) electrons. The van der Waals surface area contributed by atoms with Crippen LogP contribution in [0.3, 0.4) is 0 Å². The summed E-state index contributed by atoms with van der Waals surface area (Å²) in [5, 5.41) is 18.8. The molecule has 0 bridgehead atoms. The highest BCUT2D eigenvalue weighted by atomic mass is 15.0. The molecule has 0 atom stereocenters. The summed E-state index contributed by atoms with van der Waals surface area (Å²) >= 11 is 0. The lowest BCUT2D eigenvalue weighted by Crippen LogP contribution is -1.98. The Morgan fingerprint density at radius 2 is 0.323 bits per heavy atom. The van der Waals surface area contributed by atoms with E-state index in [1.54, 1.807) is 0 Å². The van der Waals surface area contributed by atoms with Crippen molar-refractivity contribution in [1.82, 2.24) is 37.4 Å². The fourth-order valence-electron chi connectivity index (χ4n) is 16.8. The Hall–Kier alpha value is -13.0. The molecule has 8 nitrogen and oxygen atoms in total. The number of nitrogens with zero attached hydrogens (tertiary/aromatic N) is 8. The van der Waals surface area contributed by atoms with Crippen LogP contribution in [-0.2, 0) is 0 Å². The van der Waals surface area contributed by atoms with Crippen molar-refractivity contribution in [2.24, 2.45) is 0 Å². The summed E-state index contributed by atoms with van der Waals surface area (Å²) in [7, 11) is 0. The molecular formula is C88H52N8. The Morgan fingerprint density at radius 3 is 0.542 bits per heavy atom. The highest BCUT2D eigenvalue weighted by Gasteiger charge is 2.24. The lowest BCUT2D eigenvalue weighted by Gasteiger charge is -2.15. The zero-order valence-electron chi connectivity index (χ0n) is 51.6. The number of rotatable bonds is 6. The van der Waals surface area contributed by atoms with Crippen LogP contribution in [0.1, 0.15) is 0 Å². The highest BCUT2D eigenvalue weighted by molar-refractivity contribution is 6.25. The van der Waals surface area contributed by atoms with E-state index in [2.05, 4.69) is 331 Å². The maximum atomic E-state index is 5.11. The molecule has 0 saturated heterocycles. The van der Waals surface area contributed by atoms with E-state index in [4.69, 9.17) is 9.97 Å². The maximum Gasteiger partial charge on any atom is 0.0971 e. The molecule has 0 saturated carbocycles. The summed E-state index contributed by atoms with van der Waals surface area (Å²) < 4.78 is 14.7. The topological polar surface area (TPSA) is 55.4 Å². The van der Waals surface area contributed by atoms with Crippen molar-refractivity contribution in [3.05, 3.63) is 316 Å². The molecule has 0 spiro atoms. The molecule has 0 amide bonds. The third kappa shape index (κ3) is 7.00. The van der Waals surface area contributed by atoms with E-state index in [0.29, 0.717) is 0 Å². The fraction of sp³-hybridized carbons (Fsp3) is 0. The van der Waals surface area contributed by atoms with Gasteiger partial charge in [0.15, 0.2) is 0 Å². The average Bonchev–Trinajstić information content (AvgIpc) is 1.44. The summed E-state index contributed by atoms with van der Waals surface area (Å²) in [6.07, 6.45) is 3.65. The lowest BCUT2D eigenvalue weighted by atomic mass is 9.98. The number of aromatic nitrogens is 8. The standard InChI is InChI=1S/C88H52N8/c1-9-25-75-59(17-1)60-18-2-10-26-76(60)91(75)55-35-41-83-71(49-55)72-50-56(92-77-27-11-3-19-61(77)62-20-4-12-28-78(62)92)36-42-84(72)95(83)53-33-39-67-69(47-53)70-48-54(34-40-68(70)88-87(67)89-45-46-90-88)96-85-43-37-57(93-79-29-13-5-21-63(79)64-22-6-14-30-80(64)93)51-73(85)74-52-58(38-44-86(74)96)94-81-31-15-7-23-65(81)66-24-8-16-32-82(66)94/h1-52H. The normalized spacial score (nSPS) is 12.4. The van der Waals surface area contributed by atoms with Crippen molar-refractivity contribution in [2.45, 2.75) is 0 Å². The second-order valence-corrected chi connectivity index (χ2v) is 25.7. The molecule has 0 unspecified atom stereocenters. The summed E-state index contributed by atoms with van der Waals surface area (Å²) in [6, 6.07) is 112. The largest absolute Gasteiger partial charge is 0.309 e. The minimum Gasteiger partial charge on any atom is -0.309 e. The van der Waals surface area contributed by atoms with Gasteiger partial charge >= 0.3 is 0 Å². The van der Waals surface area contributed by atoms with Gasteiger partial charge in [0, 0.05) is 122 Å². The van der Waals surface area contributed by atoms with Crippen molar-refractivity contribution in [3.8, 4) is 34.1 Å². The van der Waals surface area contributed by atoms with Gasteiger partial charge < -0.3 is 27.4 Å². The van der Waals surface area contributed by atoms with E-state index in [1.807, 2.05) is 12.4 Å². The first-order chi connectivity index (χ1) is 47.6. The SMILES string of the molecule is c1ccc2c(c1)c1ccccc1n2-c1ccc2c(c1)c1cc(-n3c4ccccc4c4ccccc43)ccc1n2-c1ccc2c(c1)c1cc(-n3c4ccc(-n5c6ccccc6c6ccccc65)cc4c4cc(-n5c6ccccc6c6ccccc65)ccc43)ccc1c1nccnc21. The molecule has 0 aliphatic heterocycles. The van der Waals surface area contributed by atoms with Crippen molar-refractivity contribution in [2.75, 3.05) is 0 Å². The lowest BCUT2D eigenvalue weighted by molar-refractivity contribution is 1.16. The molecule has 22 rings (SSSR count). The van der Waals surface area contributed by atoms with Gasteiger partial charge in [0.2, 0.25) is 0 Å². The van der Waals surface area contributed by atoms with Crippen molar-refractivity contribution < 1.29 is 0 Å². The molecule has 96 heavy (non-hydrogen) atoms. The Bertz CT molecular complexity index is 6180. The van der Waals surface area contributed by atoms with Gasteiger partial charge in [0.05, 0.1) is 77.2 Å². The van der Waals surface area contributed by atoms with Gasteiger partial charge in [-0.05, 0) is 156 Å². The van der Waals surface area contributed by atoms with Gasteiger partial charge in [0.1, 0.15) is 0 Å². The molecule has 444 valence electrons. The van der Waals surface area contributed by atoms with Gasteiger partial charge in [0.25, 0.3) is 0 Å². The van der Waals surface area contributed by atoms with Crippen molar-refractivity contribution in [3.63, 3.8) is 0 Å². The van der Waals surface area contributed by atoms with Crippen LogP contribution in [0, 0.1) is 0 Å².